The maximum atomic E-state index is 13.8. The van der Waals surface area contributed by atoms with Gasteiger partial charge in [-0.2, -0.15) is 4.39 Å². The minimum atomic E-state index is -1.03. The number of nitrogens with one attached hydrogen (secondary N) is 2. The van der Waals surface area contributed by atoms with Crippen LogP contribution in [0, 0.1) is 10.8 Å². The van der Waals surface area contributed by atoms with Crippen LogP contribution in [0.1, 0.15) is 25.7 Å². The van der Waals surface area contributed by atoms with Crippen LogP contribution in [-0.2, 0) is 4.74 Å². The highest BCUT2D eigenvalue weighted by Crippen LogP contribution is 2.23. The van der Waals surface area contributed by atoms with Crippen molar-refractivity contribution in [3.05, 3.63) is 11.6 Å². The summed E-state index contributed by atoms with van der Waals surface area (Å²) >= 11 is 0. The second kappa shape index (κ2) is 6.63. The Morgan fingerprint density at radius 1 is 1.44 bits per heavy atom. The zero-order valence-corrected chi connectivity index (χ0v) is 9.95. The Balaban J connectivity index is 2.79. The summed E-state index contributed by atoms with van der Waals surface area (Å²) in [5, 5.41) is 14.3. The molecule has 0 aromatic heterocycles. The van der Waals surface area contributed by atoms with Crippen molar-refractivity contribution < 1.29 is 9.13 Å². The van der Waals surface area contributed by atoms with Gasteiger partial charge in [0.25, 0.3) is 0 Å². The fourth-order valence-corrected chi connectivity index (χ4v) is 1.63. The van der Waals surface area contributed by atoms with Crippen LogP contribution in [0.3, 0.4) is 0 Å². The van der Waals surface area contributed by atoms with Gasteiger partial charge in [-0.15, -0.1) is 0 Å². The molecule has 1 saturated carbocycles. The average molecular weight is 253 g/mol. The maximum absolute atomic E-state index is 13.8. The van der Waals surface area contributed by atoms with E-state index in [0.717, 1.165) is 31.9 Å². The van der Waals surface area contributed by atoms with Gasteiger partial charge in [-0.3, -0.25) is 5.41 Å². The number of rotatable bonds is 5. The van der Waals surface area contributed by atoms with Crippen LogP contribution in [0.4, 0.5) is 4.39 Å². The Labute approximate surface area is 104 Å². The van der Waals surface area contributed by atoms with Gasteiger partial charge in [-0.05, 0) is 32.4 Å². The van der Waals surface area contributed by atoms with Crippen molar-refractivity contribution in [3.63, 3.8) is 0 Å². The third-order valence-corrected chi connectivity index (χ3v) is 2.52. The first-order valence-corrected chi connectivity index (χ1v) is 5.55. The molecule has 0 spiro atoms. The van der Waals surface area contributed by atoms with Gasteiger partial charge in [-0.25, -0.2) is 9.98 Å². The fourth-order valence-electron chi connectivity index (χ4n) is 1.63. The van der Waals surface area contributed by atoms with Crippen LogP contribution in [0.2, 0.25) is 0 Å². The lowest BCUT2D eigenvalue weighted by atomic mass is 10.3. The molecule has 1 aliphatic rings. The standard InChI is InChI=1S/C11H16FN5O/c1-16-11(17-8(14)6-13)9(12)10(15)18-7-4-2-3-5-7/h6-7,13,15H,1-5H2,(H2,14,17)/b11-9-,13-6?,15-10?. The molecule has 1 rings (SSSR count). The van der Waals surface area contributed by atoms with Crippen LogP contribution in [0.15, 0.2) is 21.6 Å². The Bertz CT molecular complexity index is 410. The Hall–Kier alpha value is -2.05. The Morgan fingerprint density at radius 2 is 2.06 bits per heavy atom. The molecule has 0 aliphatic heterocycles. The SMILES string of the molecule is C=NC(/N=C(/N)C=N)=C(/F)C(=N)OC1CCCC1. The van der Waals surface area contributed by atoms with Crippen molar-refractivity contribution in [3.8, 4) is 0 Å². The van der Waals surface area contributed by atoms with Crippen LogP contribution in [-0.4, -0.2) is 30.8 Å². The highest BCUT2D eigenvalue weighted by atomic mass is 19.1. The molecule has 6 nitrogen and oxygen atoms in total. The lowest BCUT2D eigenvalue weighted by Gasteiger charge is -2.12. The van der Waals surface area contributed by atoms with Crippen LogP contribution in [0.5, 0.6) is 0 Å². The number of aliphatic imine (C=N–C) groups is 2. The number of amidine groups is 1. The van der Waals surface area contributed by atoms with E-state index in [9.17, 15) is 4.39 Å². The number of halogens is 1. The molecule has 0 amide bonds. The molecular formula is C11H16FN5O. The quantitative estimate of drug-likeness (QED) is 0.512. The number of nitrogens with two attached hydrogens (primary N) is 1. The monoisotopic (exact) mass is 253 g/mol. The van der Waals surface area contributed by atoms with E-state index in [4.69, 9.17) is 21.3 Å². The summed E-state index contributed by atoms with van der Waals surface area (Å²) in [6.07, 6.45) is 4.30. The average Bonchev–Trinajstić information content (AvgIpc) is 2.87. The zero-order valence-electron chi connectivity index (χ0n) is 9.95. The van der Waals surface area contributed by atoms with Gasteiger partial charge in [-0.1, -0.05) is 0 Å². The molecular weight excluding hydrogens is 237 g/mol. The number of hydrogen-bond acceptors (Lipinski definition) is 5. The molecule has 0 saturated heterocycles. The second-order valence-corrected chi connectivity index (χ2v) is 3.83. The molecule has 0 radical (unpaired) electrons. The lowest BCUT2D eigenvalue weighted by molar-refractivity contribution is 0.190. The molecule has 0 unspecified atom stereocenters. The van der Waals surface area contributed by atoms with Gasteiger partial charge in [0.15, 0.2) is 5.82 Å². The highest BCUT2D eigenvalue weighted by molar-refractivity contribution is 6.27. The molecule has 7 heteroatoms. The first kappa shape index (κ1) is 14.0. The summed E-state index contributed by atoms with van der Waals surface area (Å²) in [5.74, 6) is -2.31. The molecule has 1 fully saturated rings. The van der Waals surface area contributed by atoms with Crippen LogP contribution < -0.4 is 5.73 Å². The van der Waals surface area contributed by atoms with Crippen LogP contribution >= 0.6 is 0 Å². The summed E-state index contributed by atoms with van der Waals surface area (Å²) in [4.78, 5) is 6.85. The third kappa shape index (κ3) is 3.76. The minimum Gasteiger partial charge on any atom is -0.473 e. The Morgan fingerprint density at radius 3 is 2.56 bits per heavy atom. The van der Waals surface area contributed by atoms with Crippen molar-refractivity contribution in [2.24, 2.45) is 15.7 Å². The smallest absolute Gasteiger partial charge is 0.247 e. The number of hydrogen-bond donors (Lipinski definition) is 3. The summed E-state index contributed by atoms with van der Waals surface area (Å²) in [6, 6.07) is 0. The normalized spacial score (nSPS) is 18.2. The summed E-state index contributed by atoms with van der Waals surface area (Å²) in [7, 11) is 0. The van der Waals surface area contributed by atoms with E-state index in [1.807, 2.05) is 0 Å². The minimum absolute atomic E-state index is 0.127. The van der Waals surface area contributed by atoms with Gasteiger partial charge >= 0.3 is 0 Å². The van der Waals surface area contributed by atoms with E-state index >= 15 is 0 Å². The molecule has 98 valence electrons. The van der Waals surface area contributed by atoms with E-state index in [2.05, 4.69) is 16.7 Å². The zero-order chi connectivity index (χ0) is 13.5. The van der Waals surface area contributed by atoms with Gasteiger partial charge in [0, 0.05) is 0 Å². The first-order chi connectivity index (χ1) is 8.58. The molecule has 0 heterocycles. The second-order valence-electron chi connectivity index (χ2n) is 3.83. The third-order valence-electron chi connectivity index (χ3n) is 2.52. The van der Waals surface area contributed by atoms with Crippen molar-refractivity contribution in [2.45, 2.75) is 31.8 Å². The van der Waals surface area contributed by atoms with E-state index in [1.165, 1.54) is 0 Å². The van der Waals surface area contributed by atoms with Crippen molar-refractivity contribution in [1.82, 2.24) is 0 Å². The first-order valence-electron chi connectivity index (χ1n) is 5.55. The van der Waals surface area contributed by atoms with E-state index in [0.29, 0.717) is 0 Å². The number of ether oxygens (including phenoxy) is 1. The maximum Gasteiger partial charge on any atom is 0.247 e. The molecule has 18 heavy (non-hydrogen) atoms. The van der Waals surface area contributed by atoms with Crippen molar-refractivity contribution in [1.29, 1.82) is 10.8 Å². The van der Waals surface area contributed by atoms with Crippen molar-refractivity contribution >= 4 is 24.7 Å². The lowest BCUT2D eigenvalue weighted by Crippen LogP contribution is -2.16. The van der Waals surface area contributed by atoms with Gasteiger partial charge < -0.3 is 15.9 Å². The molecule has 0 atom stereocenters. The van der Waals surface area contributed by atoms with Crippen molar-refractivity contribution in [2.75, 3.05) is 0 Å². The predicted molar refractivity (Wildman–Crippen MR) is 69.2 cm³/mol. The largest absolute Gasteiger partial charge is 0.473 e. The van der Waals surface area contributed by atoms with E-state index < -0.39 is 17.5 Å². The topological polar surface area (TPSA) is 108 Å². The molecule has 0 bridgehead atoms. The Kier molecular flexibility index (Phi) is 5.16. The molecule has 0 aromatic carbocycles. The summed E-state index contributed by atoms with van der Waals surface area (Å²) in [5.41, 5.74) is 5.26. The fraction of sp³-hybridized carbons (Fsp3) is 0.455. The number of nitrogens with zero attached hydrogens (tertiary/aromatic N) is 2. The van der Waals surface area contributed by atoms with E-state index in [1.54, 1.807) is 0 Å². The van der Waals surface area contributed by atoms with Gasteiger partial charge in [0.2, 0.25) is 11.7 Å². The summed E-state index contributed by atoms with van der Waals surface area (Å²) < 4.78 is 18.9. The van der Waals surface area contributed by atoms with Crippen LogP contribution in [0.25, 0.3) is 0 Å². The predicted octanol–water partition coefficient (Wildman–Crippen LogP) is 1.77. The van der Waals surface area contributed by atoms with E-state index in [-0.39, 0.29) is 11.9 Å². The molecule has 1 aliphatic carbocycles. The highest BCUT2D eigenvalue weighted by Gasteiger charge is 2.21. The molecule has 4 N–H and O–H groups in total. The summed E-state index contributed by atoms with van der Waals surface area (Å²) in [6.45, 7) is 3.15. The van der Waals surface area contributed by atoms with Gasteiger partial charge in [0.05, 0.1) is 6.21 Å². The van der Waals surface area contributed by atoms with Gasteiger partial charge in [0.1, 0.15) is 11.9 Å². The molecule has 0 aromatic rings.